The van der Waals surface area contributed by atoms with Crippen molar-refractivity contribution in [2.75, 3.05) is 24.2 Å². The van der Waals surface area contributed by atoms with Crippen LogP contribution in [0.3, 0.4) is 0 Å². The zero-order valence-corrected chi connectivity index (χ0v) is 26.7. The predicted molar refractivity (Wildman–Crippen MR) is 171 cm³/mol. The Balaban J connectivity index is 1.75. The monoisotopic (exact) mass is 645 g/mol. The fraction of sp³-hybridized carbons (Fsp3) is 0.375. The van der Waals surface area contributed by atoms with E-state index >= 15 is 0 Å². The van der Waals surface area contributed by atoms with E-state index in [1.165, 1.54) is 17.0 Å². The van der Waals surface area contributed by atoms with Gasteiger partial charge in [-0.25, -0.2) is 8.42 Å². The van der Waals surface area contributed by atoms with E-state index in [1.54, 1.807) is 31.4 Å². The molecule has 1 saturated carbocycles. The van der Waals surface area contributed by atoms with Crippen molar-refractivity contribution in [1.82, 2.24) is 10.2 Å². The van der Waals surface area contributed by atoms with Crippen LogP contribution in [0, 0.1) is 0 Å². The third-order valence-electron chi connectivity index (χ3n) is 7.59. The maximum absolute atomic E-state index is 14.3. The van der Waals surface area contributed by atoms with Crippen molar-refractivity contribution in [2.24, 2.45) is 0 Å². The second kappa shape index (κ2) is 14.9. The van der Waals surface area contributed by atoms with Crippen LogP contribution in [0.1, 0.15) is 43.2 Å². The van der Waals surface area contributed by atoms with E-state index in [0.29, 0.717) is 5.75 Å². The van der Waals surface area contributed by atoms with Crippen LogP contribution in [-0.2, 0) is 32.6 Å². The molecule has 0 aliphatic heterocycles. The van der Waals surface area contributed by atoms with E-state index in [1.807, 2.05) is 36.4 Å². The Labute approximate surface area is 264 Å². The average molecular weight is 647 g/mol. The number of nitrogens with one attached hydrogen (secondary N) is 1. The SMILES string of the molecule is COc1cccc(CN(C(=O)CN(c2cccc(Cl)c2Cl)S(C)(=O)=O)[C@@H](Cc2ccccc2)C(=O)NC2CCCCC2)c1. The first-order chi connectivity index (χ1) is 20.6. The molecule has 3 aromatic rings. The van der Waals surface area contributed by atoms with Gasteiger partial charge in [-0.05, 0) is 48.2 Å². The molecule has 4 rings (SSSR count). The number of rotatable bonds is 12. The van der Waals surface area contributed by atoms with Gasteiger partial charge < -0.3 is 15.0 Å². The molecule has 230 valence electrons. The number of amides is 2. The van der Waals surface area contributed by atoms with E-state index in [0.717, 1.165) is 53.8 Å². The highest BCUT2D eigenvalue weighted by Gasteiger charge is 2.34. The summed E-state index contributed by atoms with van der Waals surface area (Å²) in [5, 5.41) is 3.35. The molecule has 1 aliphatic carbocycles. The maximum Gasteiger partial charge on any atom is 0.244 e. The summed E-state index contributed by atoms with van der Waals surface area (Å²) in [6, 6.07) is 20.4. The van der Waals surface area contributed by atoms with Gasteiger partial charge in [0, 0.05) is 19.0 Å². The molecule has 11 heteroatoms. The Morgan fingerprint density at radius 1 is 0.953 bits per heavy atom. The molecule has 0 saturated heterocycles. The summed E-state index contributed by atoms with van der Waals surface area (Å²) in [4.78, 5) is 29.8. The number of halogens is 2. The minimum absolute atomic E-state index is 0.0117. The van der Waals surface area contributed by atoms with Crippen molar-refractivity contribution in [3.05, 3.63) is 94.0 Å². The van der Waals surface area contributed by atoms with Crippen LogP contribution < -0.4 is 14.4 Å². The number of benzene rings is 3. The molecular weight excluding hydrogens is 609 g/mol. The summed E-state index contributed by atoms with van der Waals surface area (Å²) in [5.41, 5.74) is 1.67. The van der Waals surface area contributed by atoms with E-state index in [-0.39, 0.29) is 40.6 Å². The van der Waals surface area contributed by atoms with Crippen molar-refractivity contribution in [3.63, 3.8) is 0 Å². The maximum atomic E-state index is 14.3. The average Bonchev–Trinajstić information content (AvgIpc) is 2.99. The molecule has 0 spiro atoms. The van der Waals surface area contributed by atoms with Gasteiger partial charge >= 0.3 is 0 Å². The van der Waals surface area contributed by atoms with Gasteiger partial charge in [0.15, 0.2) is 0 Å². The van der Waals surface area contributed by atoms with Gasteiger partial charge in [0.1, 0.15) is 18.3 Å². The number of hydrogen-bond donors (Lipinski definition) is 1. The summed E-state index contributed by atoms with van der Waals surface area (Å²) < 4.78 is 32.3. The lowest BCUT2D eigenvalue weighted by Gasteiger charge is -2.35. The summed E-state index contributed by atoms with van der Waals surface area (Å²) >= 11 is 12.6. The highest BCUT2D eigenvalue weighted by Crippen LogP contribution is 2.34. The Kier molecular flexibility index (Phi) is 11.3. The van der Waals surface area contributed by atoms with Crippen LogP contribution in [0.5, 0.6) is 5.75 Å². The minimum atomic E-state index is -3.97. The van der Waals surface area contributed by atoms with Gasteiger partial charge in [0.2, 0.25) is 21.8 Å². The van der Waals surface area contributed by atoms with Crippen molar-refractivity contribution >= 4 is 50.7 Å². The Hall–Kier alpha value is -3.27. The van der Waals surface area contributed by atoms with Gasteiger partial charge in [-0.15, -0.1) is 0 Å². The van der Waals surface area contributed by atoms with Crippen LogP contribution in [0.2, 0.25) is 10.0 Å². The topological polar surface area (TPSA) is 96.0 Å². The number of carbonyl (C=O) groups is 2. The zero-order chi connectivity index (χ0) is 31.0. The van der Waals surface area contributed by atoms with Gasteiger partial charge in [-0.3, -0.25) is 13.9 Å². The summed E-state index contributed by atoms with van der Waals surface area (Å²) in [6.07, 6.45) is 6.20. The minimum Gasteiger partial charge on any atom is -0.497 e. The van der Waals surface area contributed by atoms with Crippen LogP contribution in [0.25, 0.3) is 0 Å². The lowest BCUT2D eigenvalue weighted by Crippen LogP contribution is -2.55. The lowest BCUT2D eigenvalue weighted by molar-refractivity contribution is -0.140. The van der Waals surface area contributed by atoms with Gasteiger partial charge in [-0.2, -0.15) is 0 Å². The molecule has 8 nitrogen and oxygen atoms in total. The number of ether oxygens (including phenoxy) is 1. The first-order valence-corrected chi connectivity index (χ1v) is 16.9. The van der Waals surface area contributed by atoms with Crippen molar-refractivity contribution < 1.29 is 22.7 Å². The van der Waals surface area contributed by atoms with E-state index in [4.69, 9.17) is 27.9 Å². The Bertz CT molecular complexity index is 1510. The van der Waals surface area contributed by atoms with Crippen molar-refractivity contribution in [3.8, 4) is 5.75 Å². The molecule has 1 N–H and O–H groups in total. The van der Waals surface area contributed by atoms with Gasteiger partial charge in [-0.1, -0.05) is 91.0 Å². The molecule has 0 radical (unpaired) electrons. The summed E-state index contributed by atoms with van der Waals surface area (Å²) in [7, 11) is -2.42. The summed E-state index contributed by atoms with van der Waals surface area (Å²) in [6.45, 7) is -0.530. The second-order valence-corrected chi connectivity index (χ2v) is 13.5. The quantitative estimate of drug-likeness (QED) is 0.266. The van der Waals surface area contributed by atoms with Crippen LogP contribution in [-0.4, -0.2) is 57.1 Å². The third kappa shape index (κ3) is 8.87. The Morgan fingerprint density at radius 2 is 1.63 bits per heavy atom. The molecule has 1 fully saturated rings. The molecule has 1 aliphatic rings. The Morgan fingerprint density at radius 3 is 2.30 bits per heavy atom. The molecule has 2 amide bonds. The van der Waals surface area contributed by atoms with Crippen LogP contribution in [0.15, 0.2) is 72.8 Å². The first kappa shape index (κ1) is 32.6. The molecule has 0 heterocycles. The fourth-order valence-corrected chi connectivity index (χ4v) is 6.65. The highest BCUT2D eigenvalue weighted by atomic mass is 35.5. The van der Waals surface area contributed by atoms with E-state index in [2.05, 4.69) is 5.32 Å². The number of anilines is 1. The number of methoxy groups -OCH3 is 1. The predicted octanol–water partition coefficient (Wildman–Crippen LogP) is 5.86. The van der Waals surface area contributed by atoms with Crippen LogP contribution >= 0.6 is 23.2 Å². The number of carbonyl (C=O) groups excluding carboxylic acids is 2. The fourth-order valence-electron chi connectivity index (χ4n) is 5.35. The zero-order valence-electron chi connectivity index (χ0n) is 24.3. The van der Waals surface area contributed by atoms with E-state index < -0.39 is 28.5 Å². The highest BCUT2D eigenvalue weighted by molar-refractivity contribution is 7.92. The van der Waals surface area contributed by atoms with Gasteiger partial charge in [0.05, 0.1) is 29.1 Å². The molecule has 1 atom stereocenters. The molecule has 0 bridgehead atoms. The second-order valence-electron chi connectivity index (χ2n) is 10.8. The van der Waals surface area contributed by atoms with E-state index in [9.17, 15) is 18.0 Å². The molecule has 3 aromatic carbocycles. The molecular formula is C32H37Cl2N3O5S. The first-order valence-electron chi connectivity index (χ1n) is 14.2. The summed E-state index contributed by atoms with van der Waals surface area (Å²) in [5.74, 6) is -0.248. The van der Waals surface area contributed by atoms with Crippen LogP contribution in [0.4, 0.5) is 5.69 Å². The van der Waals surface area contributed by atoms with Crippen molar-refractivity contribution in [1.29, 1.82) is 0 Å². The molecule has 0 unspecified atom stereocenters. The number of nitrogens with zero attached hydrogens (tertiary/aromatic N) is 2. The molecule has 0 aromatic heterocycles. The number of sulfonamides is 1. The number of hydrogen-bond acceptors (Lipinski definition) is 5. The van der Waals surface area contributed by atoms with Crippen molar-refractivity contribution in [2.45, 2.75) is 57.2 Å². The largest absolute Gasteiger partial charge is 0.497 e. The lowest BCUT2D eigenvalue weighted by atomic mass is 9.94. The van der Waals surface area contributed by atoms with Gasteiger partial charge in [0.25, 0.3) is 0 Å². The smallest absolute Gasteiger partial charge is 0.244 e. The third-order valence-corrected chi connectivity index (χ3v) is 9.52. The molecule has 43 heavy (non-hydrogen) atoms. The normalized spacial score (nSPS) is 14.5. The standard InChI is InChI=1S/C32H37Cl2N3O5S/c1-42-26-16-9-13-24(19-26)21-36(30(38)22-37(43(2,40)41)28-18-10-17-27(33)31(28)34)29(20-23-11-5-3-6-12-23)32(39)35-25-14-7-4-8-15-25/h3,5-6,9-13,16-19,25,29H,4,7-8,14-15,20-22H2,1-2H3,(H,35,39)/t29-/m0/s1.